The molecule has 0 saturated carbocycles. The Hall–Kier alpha value is -3.06. The minimum Gasteiger partial charge on any atom is -0.468 e. The third-order valence-corrected chi connectivity index (χ3v) is 5.09. The first-order valence-corrected chi connectivity index (χ1v) is 8.41. The molecule has 0 fully saturated rings. The van der Waals surface area contributed by atoms with Gasteiger partial charge in [0.05, 0.1) is 28.4 Å². The number of esters is 1. The molecule has 0 spiro atoms. The summed E-state index contributed by atoms with van der Waals surface area (Å²) in [6, 6.07) is 14.7. The molecule has 1 unspecified atom stereocenters. The number of thiazole rings is 1. The molecule has 2 aromatic heterocycles. The molecule has 0 aliphatic rings. The molecule has 0 amide bonds. The Morgan fingerprint density at radius 1 is 1.12 bits per heavy atom. The van der Waals surface area contributed by atoms with Gasteiger partial charge in [0.1, 0.15) is 5.01 Å². The van der Waals surface area contributed by atoms with Crippen LogP contribution in [0.25, 0.3) is 21.0 Å². The van der Waals surface area contributed by atoms with Crippen LogP contribution in [0.3, 0.4) is 0 Å². The first-order chi connectivity index (χ1) is 12.2. The third kappa shape index (κ3) is 2.58. The molecule has 1 N–H and O–H groups in total. The summed E-state index contributed by atoms with van der Waals surface area (Å²) in [5, 5.41) is 8.29. The van der Waals surface area contributed by atoms with Crippen molar-refractivity contribution >= 4 is 38.3 Å². The number of nitrogens with one attached hydrogen (secondary N) is 1. The molecule has 1 atom stereocenters. The largest absolute Gasteiger partial charge is 0.468 e. The summed E-state index contributed by atoms with van der Waals surface area (Å²) < 4.78 is 5.96. The number of carbonyl (C=O) groups excluding carboxylic acids is 1. The summed E-state index contributed by atoms with van der Waals surface area (Å²) in [6.45, 7) is 0. The van der Waals surface area contributed by atoms with E-state index in [1.807, 2.05) is 24.3 Å². The Bertz CT molecular complexity index is 1120. The number of nitrogens with zero attached hydrogens (tertiary/aromatic N) is 2. The number of hydrogen-bond acceptors (Lipinski definition) is 6. The van der Waals surface area contributed by atoms with Gasteiger partial charge in [-0.1, -0.05) is 30.3 Å². The fraction of sp³-hybridized carbons (Fsp3) is 0.111. The summed E-state index contributed by atoms with van der Waals surface area (Å²) in [5.41, 5.74) is 0.943. The Kier molecular flexibility index (Phi) is 3.77. The van der Waals surface area contributed by atoms with Crippen LogP contribution in [0.1, 0.15) is 16.6 Å². The molecule has 6 nitrogen and oxygen atoms in total. The highest BCUT2D eigenvalue weighted by molar-refractivity contribution is 7.18. The normalized spacial score (nSPS) is 12.4. The molecule has 4 rings (SSSR count). The molecule has 0 bridgehead atoms. The highest BCUT2D eigenvalue weighted by Gasteiger charge is 2.30. The predicted molar refractivity (Wildman–Crippen MR) is 95.8 cm³/mol. The van der Waals surface area contributed by atoms with E-state index in [1.165, 1.54) is 18.4 Å². The lowest BCUT2D eigenvalue weighted by molar-refractivity contribution is -0.141. The number of para-hydroxylation sites is 1. The average Bonchev–Trinajstić information content (AvgIpc) is 3.07. The first-order valence-electron chi connectivity index (χ1n) is 7.59. The van der Waals surface area contributed by atoms with Crippen LogP contribution in [0.2, 0.25) is 0 Å². The molecule has 0 radical (unpaired) electrons. The number of aromatic amines is 1. The van der Waals surface area contributed by atoms with E-state index in [9.17, 15) is 9.59 Å². The maximum Gasteiger partial charge on any atom is 0.321 e. The Labute approximate surface area is 146 Å². The van der Waals surface area contributed by atoms with Crippen molar-refractivity contribution in [2.24, 2.45) is 0 Å². The summed E-state index contributed by atoms with van der Waals surface area (Å²) in [6.07, 6.45) is 0. The van der Waals surface area contributed by atoms with Crippen molar-refractivity contribution in [3.05, 3.63) is 69.6 Å². The van der Waals surface area contributed by atoms with Gasteiger partial charge in [-0.15, -0.1) is 11.3 Å². The van der Waals surface area contributed by atoms with E-state index in [2.05, 4.69) is 15.2 Å². The number of rotatable bonds is 3. The molecule has 7 heteroatoms. The number of hydrogen-bond donors (Lipinski definition) is 1. The SMILES string of the molecule is COC(=O)C(c1nc2ccccc2s1)c1n[nH]c(=O)c2ccccc12. The van der Waals surface area contributed by atoms with E-state index in [4.69, 9.17) is 4.74 Å². The lowest BCUT2D eigenvalue weighted by Gasteiger charge is -2.13. The third-order valence-electron chi connectivity index (χ3n) is 3.99. The van der Waals surface area contributed by atoms with Gasteiger partial charge in [0.25, 0.3) is 5.56 Å². The van der Waals surface area contributed by atoms with Crippen LogP contribution >= 0.6 is 11.3 Å². The fourth-order valence-corrected chi connectivity index (χ4v) is 3.88. The van der Waals surface area contributed by atoms with Crippen molar-refractivity contribution in [3.8, 4) is 0 Å². The summed E-state index contributed by atoms with van der Waals surface area (Å²) in [4.78, 5) is 29.1. The van der Waals surface area contributed by atoms with Crippen molar-refractivity contribution in [1.82, 2.24) is 15.2 Å². The lowest BCUT2D eigenvalue weighted by atomic mass is 10.0. The monoisotopic (exact) mass is 351 g/mol. The smallest absolute Gasteiger partial charge is 0.321 e. The zero-order valence-electron chi connectivity index (χ0n) is 13.2. The second kappa shape index (κ2) is 6.10. The first kappa shape index (κ1) is 15.5. The second-order valence-electron chi connectivity index (χ2n) is 5.46. The van der Waals surface area contributed by atoms with Gasteiger partial charge < -0.3 is 4.74 Å². The second-order valence-corrected chi connectivity index (χ2v) is 6.52. The number of H-pyrrole nitrogens is 1. The number of benzene rings is 2. The minimum absolute atomic E-state index is 0.299. The van der Waals surface area contributed by atoms with Gasteiger partial charge in [-0.3, -0.25) is 9.59 Å². The number of fused-ring (bicyclic) bond motifs is 2. The number of methoxy groups -OCH3 is 1. The average molecular weight is 351 g/mol. The van der Waals surface area contributed by atoms with Gasteiger partial charge in [-0.05, 0) is 18.2 Å². The summed E-state index contributed by atoms with van der Waals surface area (Å²) >= 11 is 1.41. The molecule has 2 aromatic carbocycles. The maximum atomic E-state index is 12.5. The molecular formula is C18H13N3O3S. The highest BCUT2D eigenvalue weighted by Crippen LogP contribution is 2.34. The van der Waals surface area contributed by atoms with Crippen LogP contribution in [0.15, 0.2) is 53.3 Å². The van der Waals surface area contributed by atoms with Crippen molar-refractivity contribution in [2.75, 3.05) is 7.11 Å². The van der Waals surface area contributed by atoms with Crippen LogP contribution in [-0.4, -0.2) is 28.3 Å². The molecule has 4 aromatic rings. The van der Waals surface area contributed by atoms with Crippen LogP contribution in [0.5, 0.6) is 0 Å². The predicted octanol–water partition coefficient (Wildman–Crippen LogP) is 2.84. The lowest BCUT2D eigenvalue weighted by Crippen LogP contribution is -2.20. The Morgan fingerprint density at radius 2 is 1.84 bits per heavy atom. The molecule has 0 saturated heterocycles. The van der Waals surface area contributed by atoms with E-state index in [0.29, 0.717) is 21.5 Å². The molecule has 25 heavy (non-hydrogen) atoms. The van der Waals surface area contributed by atoms with E-state index in [-0.39, 0.29) is 5.56 Å². The van der Waals surface area contributed by atoms with Gasteiger partial charge in [0.15, 0.2) is 5.92 Å². The summed E-state index contributed by atoms with van der Waals surface area (Å²) in [7, 11) is 1.33. The standard InChI is InChI=1S/C18H13N3O3S/c1-24-18(23)14(17-19-12-8-4-5-9-13(12)25-17)15-10-6-2-3-7-11(10)16(22)21-20-15/h2-9,14H,1H3,(H,21,22). The summed E-state index contributed by atoms with van der Waals surface area (Å²) in [5.74, 6) is -1.27. The molecular weight excluding hydrogens is 338 g/mol. The zero-order valence-corrected chi connectivity index (χ0v) is 14.0. The van der Waals surface area contributed by atoms with Gasteiger partial charge in [0, 0.05) is 5.39 Å². The number of carbonyl (C=O) groups is 1. The van der Waals surface area contributed by atoms with Gasteiger partial charge >= 0.3 is 5.97 Å². The van der Waals surface area contributed by atoms with Crippen LogP contribution in [0, 0.1) is 0 Å². The van der Waals surface area contributed by atoms with Crippen molar-refractivity contribution < 1.29 is 9.53 Å². The van der Waals surface area contributed by atoms with E-state index >= 15 is 0 Å². The van der Waals surface area contributed by atoms with Gasteiger partial charge in [-0.25, -0.2) is 10.1 Å². The van der Waals surface area contributed by atoms with Crippen molar-refractivity contribution in [3.63, 3.8) is 0 Å². The Morgan fingerprint density at radius 3 is 2.60 bits per heavy atom. The number of aromatic nitrogens is 3. The Balaban J connectivity index is 1.98. The zero-order chi connectivity index (χ0) is 17.4. The van der Waals surface area contributed by atoms with E-state index in [0.717, 1.165) is 10.2 Å². The molecule has 2 heterocycles. The van der Waals surface area contributed by atoms with Crippen molar-refractivity contribution in [2.45, 2.75) is 5.92 Å². The minimum atomic E-state index is -0.802. The molecule has 0 aliphatic carbocycles. The van der Waals surface area contributed by atoms with Crippen LogP contribution in [-0.2, 0) is 9.53 Å². The maximum absolute atomic E-state index is 12.5. The van der Waals surface area contributed by atoms with E-state index < -0.39 is 11.9 Å². The molecule has 124 valence electrons. The highest BCUT2D eigenvalue weighted by atomic mass is 32.1. The van der Waals surface area contributed by atoms with Crippen LogP contribution < -0.4 is 5.56 Å². The fourth-order valence-electron chi connectivity index (χ4n) is 2.82. The van der Waals surface area contributed by atoms with E-state index in [1.54, 1.807) is 24.3 Å². The topological polar surface area (TPSA) is 84.9 Å². The van der Waals surface area contributed by atoms with Crippen molar-refractivity contribution in [1.29, 1.82) is 0 Å². The van der Waals surface area contributed by atoms with Crippen LogP contribution in [0.4, 0.5) is 0 Å². The molecule has 0 aliphatic heterocycles. The van der Waals surface area contributed by atoms with Gasteiger partial charge in [0.2, 0.25) is 0 Å². The number of ether oxygens (including phenoxy) is 1. The quantitative estimate of drug-likeness (QED) is 0.574. The van der Waals surface area contributed by atoms with Gasteiger partial charge in [-0.2, -0.15) is 5.10 Å².